The second kappa shape index (κ2) is 6.14. The highest BCUT2D eigenvalue weighted by Gasteiger charge is 2.43. The molecule has 1 amide bonds. The summed E-state index contributed by atoms with van der Waals surface area (Å²) in [6.07, 6.45) is -2.68. The van der Waals surface area contributed by atoms with Gasteiger partial charge in [0.15, 0.2) is 0 Å². The molecule has 3 atom stereocenters. The minimum Gasteiger partial charge on any atom is -0.356 e. The van der Waals surface area contributed by atoms with E-state index < -0.39 is 11.7 Å². The summed E-state index contributed by atoms with van der Waals surface area (Å²) in [5, 5.41) is 0. The first-order chi connectivity index (χ1) is 11.9. The number of pyridine rings is 1. The molecule has 6 nitrogen and oxygen atoms in total. The van der Waals surface area contributed by atoms with Crippen molar-refractivity contribution in [2.24, 2.45) is 11.8 Å². The number of hydrogen-bond acceptors (Lipinski definition) is 5. The molecule has 0 bridgehead atoms. The Bertz CT molecular complexity index is 630. The van der Waals surface area contributed by atoms with Crippen LogP contribution in [0.15, 0.2) is 18.3 Å². The lowest BCUT2D eigenvalue weighted by Gasteiger charge is -2.24. The summed E-state index contributed by atoms with van der Waals surface area (Å²) < 4.78 is 37.9. The summed E-state index contributed by atoms with van der Waals surface area (Å²) in [6.45, 7) is 3.66. The summed E-state index contributed by atoms with van der Waals surface area (Å²) in [6, 6.07) is 2.36. The number of anilines is 1. The number of nitrogens with one attached hydrogen (secondary N) is 2. The van der Waals surface area contributed by atoms with Gasteiger partial charge >= 0.3 is 6.18 Å². The van der Waals surface area contributed by atoms with Crippen LogP contribution in [-0.4, -0.2) is 54.6 Å². The van der Waals surface area contributed by atoms with Crippen LogP contribution in [-0.2, 0) is 11.0 Å². The quantitative estimate of drug-likeness (QED) is 0.824. The van der Waals surface area contributed by atoms with Crippen LogP contribution in [0.25, 0.3) is 0 Å². The van der Waals surface area contributed by atoms with E-state index in [9.17, 15) is 18.0 Å². The van der Waals surface area contributed by atoms with Crippen LogP contribution in [0.5, 0.6) is 0 Å². The van der Waals surface area contributed by atoms with E-state index in [0.717, 1.165) is 38.3 Å². The number of hydrogen-bond donors (Lipinski definition) is 2. The van der Waals surface area contributed by atoms with Gasteiger partial charge < -0.3 is 9.80 Å². The van der Waals surface area contributed by atoms with Gasteiger partial charge in [-0.05, 0) is 18.6 Å². The lowest BCUT2D eigenvalue weighted by atomic mass is 10.0. The maximum absolute atomic E-state index is 12.6. The van der Waals surface area contributed by atoms with Gasteiger partial charge in [0, 0.05) is 50.8 Å². The summed E-state index contributed by atoms with van der Waals surface area (Å²) in [4.78, 5) is 20.4. The number of carbonyl (C=O) groups excluding carboxylic acids is 1. The van der Waals surface area contributed by atoms with E-state index in [1.807, 2.05) is 9.80 Å². The van der Waals surface area contributed by atoms with E-state index in [4.69, 9.17) is 0 Å². The van der Waals surface area contributed by atoms with Gasteiger partial charge in [-0.15, -0.1) is 0 Å². The lowest BCUT2D eigenvalue weighted by Crippen LogP contribution is -2.45. The molecule has 4 heterocycles. The third-order valence-electron chi connectivity index (χ3n) is 5.33. The molecule has 0 spiro atoms. The molecule has 136 valence electrons. The standard InChI is InChI=1S/C16H20F3N5O/c17-16(18,19)12-1-2-14(20-5-12)23-6-10-8-24(9-11(10)7-23)15(25)13-3-4-21-22-13/h1-2,5,10-11,13,21-22H,3-4,6-9H2. The Morgan fingerprint density at radius 2 is 1.88 bits per heavy atom. The number of halogens is 3. The minimum atomic E-state index is -4.36. The van der Waals surface area contributed by atoms with Crippen molar-refractivity contribution < 1.29 is 18.0 Å². The average Bonchev–Trinajstić information content (AvgIpc) is 3.29. The molecule has 3 aliphatic rings. The van der Waals surface area contributed by atoms with Gasteiger partial charge in [-0.1, -0.05) is 0 Å². The Hall–Kier alpha value is -1.87. The molecular formula is C16H20F3N5O. The number of nitrogens with zero attached hydrogens (tertiary/aromatic N) is 3. The molecule has 3 saturated heterocycles. The maximum atomic E-state index is 12.6. The smallest absolute Gasteiger partial charge is 0.356 e. The molecule has 1 aromatic heterocycles. The minimum absolute atomic E-state index is 0.138. The van der Waals surface area contributed by atoms with Crippen molar-refractivity contribution in [3.8, 4) is 0 Å². The number of amides is 1. The monoisotopic (exact) mass is 355 g/mol. The van der Waals surface area contributed by atoms with E-state index in [1.165, 1.54) is 6.07 Å². The normalized spacial score (nSPS) is 29.3. The molecule has 3 unspecified atom stereocenters. The summed E-state index contributed by atoms with van der Waals surface area (Å²) in [7, 11) is 0. The van der Waals surface area contributed by atoms with Crippen LogP contribution in [0.3, 0.4) is 0 Å². The Morgan fingerprint density at radius 3 is 2.40 bits per heavy atom. The Balaban J connectivity index is 1.37. The topological polar surface area (TPSA) is 60.5 Å². The number of aromatic nitrogens is 1. The number of fused-ring (bicyclic) bond motifs is 1. The average molecular weight is 355 g/mol. The Labute approximate surface area is 143 Å². The first-order valence-corrected chi connectivity index (χ1v) is 8.47. The highest BCUT2D eigenvalue weighted by atomic mass is 19.4. The predicted octanol–water partition coefficient (Wildman–Crippen LogP) is 0.861. The van der Waals surface area contributed by atoms with Gasteiger partial charge in [-0.25, -0.2) is 10.4 Å². The largest absolute Gasteiger partial charge is 0.417 e. The van der Waals surface area contributed by atoms with Crippen molar-refractivity contribution in [2.45, 2.75) is 18.6 Å². The number of rotatable bonds is 2. The maximum Gasteiger partial charge on any atom is 0.417 e. The predicted molar refractivity (Wildman–Crippen MR) is 84.6 cm³/mol. The second-order valence-corrected chi connectivity index (χ2v) is 6.98. The number of alkyl halides is 3. The Kier molecular flexibility index (Phi) is 4.07. The summed E-state index contributed by atoms with van der Waals surface area (Å²) >= 11 is 0. The van der Waals surface area contributed by atoms with E-state index in [-0.39, 0.29) is 11.9 Å². The van der Waals surface area contributed by atoms with Gasteiger partial charge in [-0.3, -0.25) is 10.2 Å². The van der Waals surface area contributed by atoms with Crippen LogP contribution < -0.4 is 15.8 Å². The Morgan fingerprint density at radius 1 is 1.16 bits per heavy atom. The van der Waals surface area contributed by atoms with Crippen LogP contribution in [0.4, 0.5) is 19.0 Å². The molecule has 0 saturated carbocycles. The molecule has 3 fully saturated rings. The van der Waals surface area contributed by atoms with Crippen molar-refractivity contribution in [1.82, 2.24) is 20.7 Å². The van der Waals surface area contributed by atoms with Crippen molar-refractivity contribution in [2.75, 3.05) is 37.6 Å². The van der Waals surface area contributed by atoms with Gasteiger partial charge in [0.05, 0.1) is 5.56 Å². The fourth-order valence-electron chi connectivity index (χ4n) is 3.99. The van der Waals surface area contributed by atoms with Crippen LogP contribution >= 0.6 is 0 Å². The van der Waals surface area contributed by atoms with Crippen LogP contribution in [0.2, 0.25) is 0 Å². The first kappa shape index (κ1) is 16.6. The van der Waals surface area contributed by atoms with E-state index >= 15 is 0 Å². The van der Waals surface area contributed by atoms with Crippen LogP contribution in [0.1, 0.15) is 12.0 Å². The molecule has 4 rings (SSSR count). The van der Waals surface area contributed by atoms with Gasteiger partial charge in [-0.2, -0.15) is 13.2 Å². The molecule has 0 aromatic carbocycles. The van der Waals surface area contributed by atoms with Gasteiger partial charge in [0.1, 0.15) is 11.9 Å². The molecule has 0 aliphatic carbocycles. The molecule has 1 aromatic rings. The van der Waals surface area contributed by atoms with Crippen molar-refractivity contribution in [3.63, 3.8) is 0 Å². The zero-order valence-corrected chi connectivity index (χ0v) is 13.6. The van der Waals surface area contributed by atoms with E-state index in [0.29, 0.717) is 30.7 Å². The lowest BCUT2D eigenvalue weighted by molar-refractivity contribution is -0.137. The fraction of sp³-hybridized carbons (Fsp3) is 0.625. The molecule has 0 radical (unpaired) electrons. The van der Waals surface area contributed by atoms with Crippen molar-refractivity contribution >= 4 is 11.7 Å². The van der Waals surface area contributed by atoms with Gasteiger partial charge in [0.25, 0.3) is 0 Å². The second-order valence-electron chi connectivity index (χ2n) is 6.98. The molecule has 9 heteroatoms. The molecule has 25 heavy (non-hydrogen) atoms. The molecule has 3 aliphatic heterocycles. The van der Waals surface area contributed by atoms with Crippen LogP contribution in [0, 0.1) is 11.8 Å². The molecular weight excluding hydrogens is 335 g/mol. The third kappa shape index (κ3) is 3.18. The first-order valence-electron chi connectivity index (χ1n) is 8.47. The molecule has 2 N–H and O–H groups in total. The van der Waals surface area contributed by atoms with Crippen molar-refractivity contribution in [1.29, 1.82) is 0 Å². The summed E-state index contributed by atoms with van der Waals surface area (Å²) in [5.74, 6) is 1.41. The highest BCUT2D eigenvalue weighted by molar-refractivity contribution is 5.82. The third-order valence-corrected chi connectivity index (χ3v) is 5.33. The van der Waals surface area contributed by atoms with Gasteiger partial charge in [0.2, 0.25) is 5.91 Å². The SMILES string of the molecule is O=C(C1CCNN1)N1CC2CN(c3ccc(C(F)(F)F)cn3)CC2C1. The zero-order chi connectivity index (χ0) is 17.6. The van der Waals surface area contributed by atoms with Crippen molar-refractivity contribution in [3.05, 3.63) is 23.9 Å². The zero-order valence-electron chi connectivity index (χ0n) is 13.6. The van der Waals surface area contributed by atoms with E-state index in [2.05, 4.69) is 15.8 Å². The highest BCUT2D eigenvalue weighted by Crippen LogP contribution is 2.35. The number of carbonyl (C=O) groups is 1. The number of likely N-dealkylation sites (tertiary alicyclic amines) is 1. The number of hydrazine groups is 1. The van der Waals surface area contributed by atoms with E-state index in [1.54, 1.807) is 0 Å². The fourth-order valence-corrected chi connectivity index (χ4v) is 3.99. The summed E-state index contributed by atoms with van der Waals surface area (Å²) in [5.41, 5.74) is 5.24.